The van der Waals surface area contributed by atoms with Crippen LogP contribution < -0.4 is 5.32 Å². The summed E-state index contributed by atoms with van der Waals surface area (Å²) in [5.74, 6) is -0.101. The molecule has 0 bridgehead atoms. The van der Waals surface area contributed by atoms with Gasteiger partial charge in [-0.2, -0.15) is 0 Å². The number of fused-ring (bicyclic) bond motifs is 1. The van der Waals surface area contributed by atoms with Crippen molar-refractivity contribution >= 4 is 28.4 Å². The standard InChI is InChI=1S/C16H21ClN2O2/c1-2-3-8-21-9-4-7-18-16(20)15-11-12-10-13(17)5-6-14(12)19-15/h5-6,10-11,19H,2-4,7-9H2,1H3,(H,18,20). The molecule has 1 aromatic heterocycles. The Hall–Kier alpha value is -1.52. The molecule has 0 aliphatic carbocycles. The number of amides is 1. The molecule has 0 unspecified atom stereocenters. The molecule has 1 aromatic carbocycles. The minimum absolute atomic E-state index is 0.101. The second-order valence-corrected chi connectivity index (χ2v) is 5.43. The van der Waals surface area contributed by atoms with E-state index in [1.807, 2.05) is 18.2 Å². The van der Waals surface area contributed by atoms with Crippen molar-refractivity contribution in [2.45, 2.75) is 26.2 Å². The lowest BCUT2D eigenvalue weighted by Crippen LogP contribution is -2.25. The number of aromatic amines is 1. The summed E-state index contributed by atoms with van der Waals surface area (Å²) in [5.41, 5.74) is 1.46. The third kappa shape index (κ3) is 4.76. The number of rotatable bonds is 8. The first-order valence-corrected chi connectivity index (χ1v) is 7.72. The molecule has 1 amide bonds. The molecule has 0 spiro atoms. The Kier molecular flexibility index (Phi) is 6.08. The van der Waals surface area contributed by atoms with Gasteiger partial charge in [-0.3, -0.25) is 4.79 Å². The predicted molar refractivity (Wildman–Crippen MR) is 86.0 cm³/mol. The summed E-state index contributed by atoms with van der Waals surface area (Å²) >= 11 is 5.93. The van der Waals surface area contributed by atoms with Crippen molar-refractivity contribution in [3.05, 3.63) is 35.0 Å². The molecule has 2 N–H and O–H groups in total. The lowest BCUT2D eigenvalue weighted by Gasteiger charge is -2.04. The van der Waals surface area contributed by atoms with Gasteiger partial charge < -0.3 is 15.0 Å². The third-order valence-corrected chi connectivity index (χ3v) is 3.46. The van der Waals surface area contributed by atoms with E-state index in [0.717, 1.165) is 36.8 Å². The Morgan fingerprint density at radius 3 is 2.90 bits per heavy atom. The minimum Gasteiger partial charge on any atom is -0.381 e. The van der Waals surface area contributed by atoms with E-state index in [4.69, 9.17) is 16.3 Å². The van der Waals surface area contributed by atoms with Gasteiger partial charge in [-0.05, 0) is 37.1 Å². The molecule has 2 rings (SSSR count). The maximum absolute atomic E-state index is 12.0. The molecule has 4 nitrogen and oxygen atoms in total. The first-order valence-electron chi connectivity index (χ1n) is 7.35. The normalized spacial score (nSPS) is 11.0. The first-order chi connectivity index (χ1) is 10.2. The molecular weight excluding hydrogens is 288 g/mol. The van der Waals surface area contributed by atoms with Crippen molar-refractivity contribution in [2.75, 3.05) is 19.8 Å². The van der Waals surface area contributed by atoms with Crippen molar-refractivity contribution in [3.8, 4) is 0 Å². The van der Waals surface area contributed by atoms with Crippen molar-refractivity contribution in [2.24, 2.45) is 0 Å². The Balaban J connectivity index is 1.77. The maximum atomic E-state index is 12.0. The van der Waals surface area contributed by atoms with E-state index in [9.17, 15) is 4.79 Å². The highest BCUT2D eigenvalue weighted by atomic mass is 35.5. The van der Waals surface area contributed by atoms with E-state index in [1.54, 1.807) is 6.07 Å². The molecule has 0 fully saturated rings. The number of hydrogen-bond donors (Lipinski definition) is 2. The molecule has 21 heavy (non-hydrogen) atoms. The fraction of sp³-hybridized carbons (Fsp3) is 0.438. The van der Waals surface area contributed by atoms with Crippen molar-refractivity contribution in [1.29, 1.82) is 0 Å². The van der Waals surface area contributed by atoms with E-state index < -0.39 is 0 Å². The lowest BCUT2D eigenvalue weighted by atomic mass is 10.2. The molecule has 1 heterocycles. The van der Waals surface area contributed by atoms with E-state index in [2.05, 4.69) is 17.2 Å². The summed E-state index contributed by atoms with van der Waals surface area (Å²) < 4.78 is 5.45. The van der Waals surface area contributed by atoms with Gasteiger partial charge in [-0.15, -0.1) is 0 Å². The van der Waals surface area contributed by atoms with Crippen LogP contribution in [0.3, 0.4) is 0 Å². The van der Waals surface area contributed by atoms with Gasteiger partial charge in [0.1, 0.15) is 5.69 Å². The van der Waals surface area contributed by atoms with Crippen LogP contribution in [-0.2, 0) is 4.74 Å². The van der Waals surface area contributed by atoms with Crippen LogP contribution in [0.15, 0.2) is 24.3 Å². The number of carbonyl (C=O) groups is 1. The minimum atomic E-state index is -0.101. The van der Waals surface area contributed by atoms with Crippen molar-refractivity contribution in [3.63, 3.8) is 0 Å². The van der Waals surface area contributed by atoms with Gasteiger partial charge >= 0.3 is 0 Å². The highest BCUT2D eigenvalue weighted by Crippen LogP contribution is 2.19. The summed E-state index contributed by atoms with van der Waals surface area (Å²) in [6, 6.07) is 7.33. The van der Waals surface area contributed by atoms with Crippen LogP contribution in [-0.4, -0.2) is 30.6 Å². The summed E-state index contributed by atoms with van der Waals surface area (Å²) in [5, 5.41) is 4.49. The number of H-pyrrole nitrogens is 1. The summed E-state index contributed by atoms with van der Waals surface area (Å²) in [7, 11) is 0. The number of carbonyl (C=O) groups excluding carboxylic acids is 1. The van der Waals surface area contributed by atoms with Crippen LogP contribution in [0.1, 0.15) is 36.7 Å². The number of ether oxygens (including phenoxy) is 1. The second-order valence-electron chi connectivity index (χ2n) is 4.99. The van der Waals surface area contributed by atoms with Gasteiger partial charge in [0, 0.05) is 35.7 Å². The van der Waals surface area contributed by atoms with Gasteiger partial charge in [-0.1, -0.05) is 24.9 Å². The lowest BCUT2D eigenvalue weighted by molar-refractivity contribution is 0.0936. The number of hydrogen-bond acceptors (Lipinski definition) is 2. The Morgan fingerprint density at radius 1 is 1.29 bits per heavy atom. The molecule has 0 saturated heterocycles. The maximum Gasteiger partial charge on any atom is 0.267 e. The van der Waals surface area contributed by atoms with E-state index in [1.165, 1.54) is 0 Å². The molecule has 0 saturated carbocycles. The largest absolute Gasteiger partial charge is 0.381 e. The van der Waals surface area contributed by atoms with Gasteiger partial charge in [-0.25, -0.2) is 0 Å². The number of nitrogens with one attached hydrogen (secondary N) is 2. The number of benzene rings is 1. The zero-order valence-corrected chi connectivity index (χ0v) is 13.0. The van der Waals surface area contributed by atoms with Gasteiger partial charge in [0.2, 0.25) is 0 Å². The average molecular weight is 309 g/mol. The second kappa shape index (κ2) is 8.05. The predicted octanol–water partition coefficient (Wildman–Crippen LogP) is 3.76. The molecule has 0 aliphatic rings. The molecular formula is C16H21ClN2O2. The third-order valence-electron chi connectivity index (χ3n) is 3.22. The number of halogens is 1. The zero-order chi connectivity index (χ0) is 15.1. The average Bonchev–Trinajstić information content (AvgIpc) is 2.89. The van der Waals surface area contributed by atoms with Crippen molar-refractivity contribution < 1.29 is 9.53 Å². The Bertz CT molecular complexity index is 595. The van der Waals surface area contributed by atoms with Crippen LogP contribution in [0.25, 0.3) is 10.9 Å². The zero-order valence-electron chi connectivity index (χ0n) is 12.2. The fourth-order valence-electron chi connectivity index (χ4n) is 2.05. The van der Waals surface area contributed by atoms with Crippen LogP contribution in [0.5, 0.6) is 0 Å². The summed E-state index contributed by atoms with van der Waals surface area (Å²) in [6.45, 7) is 4.23. The van der Waals surface area contributed by atoms with E-state index >= 15 is 0 Å². The molecule has 2 aromatic rings. The van der Waals surface area contributed by atoms with Crippen LogP contribution in [0.4, 0.5) is 0 Å². The highest BCUT2D eigenvalue weighted by Gasteiger charge is 2.08. The van der Waals surface area contributed by atoms with E-state index in [0.29, 0.717) is 23.9 Å². The molecule has 114 valence electrons. The summed E-state index contributed by atoms with van der Waals surface area (Å²) in [6.07, 6.45) is 3.05. The smallest absolute Gasteiger partial charge is 0.267 e. The van der Waals surface area contributed by atoms with Crippen molar-refractivity contribution in [1.82, 2.24) is 10.3 Å². The monoisotopic (exact) mass is 308 g/mol. The highest BCUT2D eigenvalue weighted by molar-refractivity contribution is 6.31. The van der Waals surface area contributed by atoms with Gasteiger partial charge in [0.25, 0.3) is 5.91 Å². The molecule has 5 heteroatoms. The molecule has 0 aliphatic heterocycles. The molecule has 0 radical (unpaired) electrons. The SMILES string of the molecule is CCCCOCCCNC(=O)c1cc2cc(Cl)ccc2[nH]1. The number of unbranched alkanes of at least 4 members (excludes halogenated alkanes) is 1. The van der Waals surface area contributed by atoms with Crippen LogP contribution in [0.2, 0.25) is 5.02 Å². The quantitative estimate of drug-likeness (QED) is 0.730. The number of aromatic nitrogens is 1. The Morgan fingerprint density at radius 2 is 2.10 bits per heavy atom. The van der Waals surface area contributed by atoms with Crippen LogP contribution >= 0.6 is 11.6 Å². The van der Waals surface area contributed by atoms with Gasteiger partial charge in [0.05, 0.1) is 0 Å². The van der Waals surface area contributed by atoms with E-state index in [-0.39, 0.29) is 5.91 Å². The van der Waals surface area contributed by atoms with Crippen LogP contribution in [0, 0.1) is 0 Å². The topological polar surface area (TPSA) is 54.1 Å². The Labute approximate surface area is 129 Å². The molecule has 0 atom stereocenters. The first kappa shape index (κ1) is 15.9. The summed E-state index contributed by atoms with van der Waals surface area (Å²) in [4.78, 5) is 15.1. The van der Waals surface area contributed by atoms with Gasteiger partial charge in [0.15, 0.2) is 0 Å². The fourth-order valence-corrected chi connectivity index (χ4v) is 2.23.